The second-order valence-electron chi connectivity index (χ2n) is 3.44. The van der Waals surface area contributed by atoms with Crippen molar-refractivity contribution in [3.8, 4) is 0 Å². The summed E-state index contributed by atoms with van der Waals surface area (Å²) in [6.07, 6.45) is 0.680. The molecule has 0 saturated carbocycles. The Kier molecular flexibility index (Phi) is 2.01. The molecule has 4 heteroatoms. The maximum Gasteiger partial charge on any atom is 0.179 e. The van der Waals surface area contributed by atoms with Crippen molar-refractivity contribution < 1.29 is 13.2 Å². The zero-order valence-corrected chi connectivity index (χ0v) is 7.94. The van der Waals surface area contributed by atoms with Crippen molar-refractivity contribution >= 4 is 9.84 Å². The molecule has 1 aliphatic rings. The Morgan fingerprint density at radius 3 is 2.36 bits per heavy atom. The molecule has 1 heterocycles. The van der Waals surface area contributed by atoms with Crippen LogP contribution in [0.3, 0.4) is 0 Å². The molecule has 0 bridgehead atoms. The summed E-state index contributed by atoms with van der Waals surface area (Å²) in [5, 5.41) is 0. The van der Waals surface area contributed by atoms with Crippen molar-refractivity contribution in [3.05, 3.63) is 0 Å². The van der Waals surface area contributed by atoms with E-state index in [4.69, 9.17) is 4.74 Å². The van der Waals surface area contributed by atoms with Crippen molar-refractivity contribution in [2.75, 3.05) is 5.75 Å². The summed E-state index contributed by atoms with van der Waals surface area (Å²) in [6.45, 7) is 5.12. The lowest BCUT2D eigenvalue weighted by atomic mass is 10.3. The van der Waals surface area contributed by atoms with Crippen LogP contribution in [0.25, 0.3) is 0 Å². The van der Waals surface area contributed by atoms with Gasteiger partial charge in [-0.25, -0.2) is 8.42 Å². The van der Waals surface area contributed by atoms with E-state index >= 15 is 0 Å². The van der Waals surface area contributed by atoms with Crippen LogP contribution in [-0.2, 0) is 14.6 Å². The highest BCUT2D eigenvalue weighted by molar-refractivity contribution is 7.92. The molecule has 0 aromatic carbocycles. The fraction of sp³-hybridized carbons (Fsp3) is 1.00. The van der Waals surface area contributed by atoms with Gasteiger partial charge in [0.25, 0.3) is 0 Å². The van der Waals surface area contributed by atoms with Crippen LogP contribution in [0.5, 0.6) is 0 Å². The molecule has 0 N–H and O–H groups in total. The summed E-state index contributed by atoms with van der Waals surface area (Å²) in [6, 6.07) is 0. The highest BCUT2D eigenvalue weighted by Crippen LogP contribution is 2.27. The van der Waals surface area contributed by atoms with Crippen LogP contribution in [0, 0.1) is 0 Å². The predicted molar refractivity (Wildman–Crippen MR) is 43.0 cm³/mol. The smallest absolute Gasteiger partial charge is 0.179 e. The second-order valence-corrected chi connectivity index (χ2v) is 6.06. The van der Waals surface area contributed by atoms with Gasteiger partial charge in [-0.05, 0) is 27.2 Å². The number of hydrogen-bond donors (Lipinski definition) is 0. The van der Waals surface area contributed by atoms with E-state index < -0.39 is 14.8 Å². The van der Waals surface area contributed by atoms with E-state index in [1.807, 2.05) is 6.92 Å². The monoisotopic (exact) mass is 178 g/mol. The summed E-state index contributed by atoms with van der Waals surface area (Å²) in [7, 11) is -3.02. The molecule has 1 unspecified atom stereocenters. The SMILES string of the molecule is CC1CCS(=O)(=O)C(C)(C)O1. The molecule has 0 amide bonds. The van der Waals surface area contributed by atoms with Crippen LogP contribution < -0.4 is 0 Å². The predicted octanol–water partition coefficient (Wildman–Crippen LogP) is 0.946. The first-order valence-electron chi connectivity index (χ1n) is 3.75. The number of rotatable bonds is 0. The van der Waals surface area contributed by atoms with Gasteiger partial charge in [-0.3, -0.25) is 0 Å². The molecule has 1 fully saturated rings. The number of ether oxygens (including phenoxy) is 1. The van der Waals surface area contributed by atoms with Gasteiger partial charge in [0.2, 0.25) is 0 Å². The minimum absolute atomic E-state index is 0.0634. The number of hydrogen-bond acceptors (Lipinski definition) is 3. The standard InChI is InChI=1S/C7H14O3S/c1-6-4-5-11(8,9)7(2,3)10-6/h6H,4-5H2,1-3H3. The number of sulfone groups is 1. The van der Waals surface area contributed by atoms with Crippen LogP contribution in [0.4, 0.5) is 0 Å². The third kappa shape index (κ3) is 1.56. The first-order valence-corrected chi connectivity index (χ1v) is 5.40. The average Bonchev–Trinajstić information content (AvgIpc) is 1.80. The van der Waals surface area contributed by atoms with E-state index in [0.29, 0.717) is 6.42 Å². The van der Waals surface area contributed by atoms with E-state index in [9.17, 15) is 8.42 Å². The normalized spacial score (nSPS) is 35.0. The molecule has 1 aliphatic heterocycles. The lowest BCUT2D eigenvalue weighted by Gasteiger charge is -2.33. The molecule has 1 atom stereocenters. The first kappa shape index (κ1) is 9.00. The molecule has 0 aromatic heterocycles. The molecule has 1 rings (SSSR count). The van der Waals surface area contributed by atoms with E-state index in [0.717, 1.165) is 0 Å². The van der Waals surface area contributed by atoms with Gasteiger partial charge < -0.3 is 4.74 Å². The van der Waals surface area contributed by atoms with E-state index in [1.165, 1.54) is 0 Å². The highest BCUT2D eigenvalue weighted by Gasteiger charge is 2.40. The fourth-order valence-electron chi connectivity index (χ4n) is 1.18. The van der Waals surface area contributed by atoms with E-state index in [2.05, 4.69) is 0 Å². The van der Waals surface area contributed by atoms with Gasteiger partial charge in [-0.2, -0.15) is 0 Å². The van der Waals surface area contributed by atoms with Gasteiger partial charge >= 0.3 is 0 Å². The Labute approximate surface area is 67.7 Å². The minimum Gasteiger partial charge on any atom is -0.357 e. The first-order chi connectivity index (χ1) is 4.85. The molecule has 66 valence electrons. The largest absolute Gasteiger partial charge is 0.357 e. The summed E-state index contributed by atoms with van der Waals surface area (Å²) in [5.41, 5.74) is 0. The van der Waals surface area contributed by atoms with Gasteiger partial charge in [-0.15, -0.1) is 0 Å². The van der Waals surface area contributed by atoms with Crippen LogP contribution >= 0.6 is 0 Å². The summed E-state index contributed by atoms with van der Waals surface area (Å²) < 4.78 is 27.9. The Hall–Kier alpha value is -0.0900. The van der Waals surface area contributed by atoms with Crippen molar-refractivity contribution in [1.29, 1.82) is 0 Å². The zero-order valence-electron chi connectivity index (χ0n) is 7.12. The van der Waals surface area contributed by atoms with Crippen molar-refractivity contribution in [2.24, 2.45) is 0 Å². The maximum absolute atomic E-state index is 11.3. The fourth-order valence-corrected chi connectivity index (χ4v) is 2.63. The van der Waals surface area contributed by atoms with Crippen LogP contribution in [0.1, 0.15) is 27.2 Å². The minimum atomic E-state index is -3.02. The van der Waals surface area contributed by atoms with E-state index in [-0.39, 0.29) is 11.9 Å². The topological polar surface area (TPSA) is 43.4 Å². The molecule has 1 saturated heterocycles. The van der Waals surface area contributed by atoms with E-state index in [1.54, 1.807) is 13.8 Å². The third-order valence-corrected chi connectivity index (χ3v) is 4.39. The van der Waals surface area contributed by atoms with Gasteiger partial charge in [0.05, 0.1) is 11.9 Å². The van der Waals surface area contributed by atoms with Gasteiger partial charge in [0, 0.05) is 0 Å². The highest BCUT2D eigenvalue weighted by atomic mass is 32.2. The van der Waals surface area contributed by atoms with Crippen molar-refractivity contribution in [2.45, 2.75) is 38.2 Å². The Morgan fingerprint density at radius 2 is 2.00 bits per heavy atom. The van der Waals surface area contributed by atoms with Crippen LogP contribution in [-0.4, -0.2) is 25.2 Å². The lowest BCUT2D eigenvalue weighted by Crippen LogP contribution is -2.44. The molecule has 0 aliphatic carbocycles. The van der Waals surface area contributed by atoms with Crippen molar-refractivity contribution in [3.63, 3.8) is 0 Å². The quantitative estimate of drug-likeness (QED) is 0.554. The summed E-state index contributed by atoms with van der Waals surface area (Å²) in [4.78, 5) is -0.981. The molecular formula is C7H14O3S. The molecular weight excluding hydrogens is 164 g/mol. The summed E-state index contributed by atoms with van der Waals surface area (Å²) >= 11 is 0. The molecule has 0 aromatic rings. The van der Waals surface area contributed by atoms with Crippen LogP contribution in [0.2, 0.25) is 0 Å². The second kappa shape index (κ2) is 2.45. The zero-order chi connectivity index (χ0) is 8.70. The Balaban J connectivity index is 2.90. The molecule has 0 radical (unpaired) electrons. The molecule has 3 nitrogen and oxygen atoms in total. The molecule has 11 heavy (non-hydrogen) atoms. The van der Waals surface area contributed by atoms with Gasteiger partial charge in [0.15, 0.2) is 14.8 Å². The lowest BCUT2D eigenvalue weighted by molar-refractivity contribution is -0.0207. The van der Waals surface area contributed by atoms with Gasteiger partial charge in [0.1, 0.15) is 0 Å². The van der Waals surface area contributed by atoms with Crippen LogP contribution in [0.15, 0.2) is 0 Å². The summed E-state index contributed by atoms with van der Waals surface area (Å²) in [5.74, 6) is 0.251. The molecule has 0 spiro atoms. The van der Waals surface area contributed by atoms with Crippen molar-refractivity contribution in [1.82, 2.24) is 0 Å². The third-order valence-electron chi connectivity index (χ3n) is 2.03. The average molecular weight is 178 g/mol. The Morgan fingerprint density at radius 1 is 1.45 bits per heavy atom. The Bertz CT molecular complexity index is 240. The maximum atomic E-state index is 11.3. The van der Waals surface area contributed by atoms with Gasteiger partial charge in [-0.1, -0.05) is 0 Å².